The van der Waals surface area contributed by atoms with Crippen LogP contribution < -0.4 is 0 Å². The molecule has 0 fully saturated rings. The van der Waals surface area contributed by atoms with Crippen LogP contribution in [0, 0.1) is 13.8 Å². The van der Waals surface area contributed by atoms with Gasteiger partial charge in [-0.25, -0.2) is 4.68 Å². The molecule has 2 rings (SSSR count). The van der Waals surface area contributed by atoms with E-state index < -0.39 is 0 Å². The normalized spacial score (nSPS) is 11.2. The van der Waals surface area contributed by atoms with E-state index in [-0.39, 0.29) is 5.75 Å². The molecule has 0 spiro atoms. The molecule has 0 aliphatic rings. The van der Waals surface area contributed by atoms with E-state index in [9.17, 15) is 5.11 Å². The SMILES string of the molecule is Cc1nnc(C)n1/N=C/c1cc(Cl)ccc1O. The number of aryl methyl sites for hydroxylation is 2. The van der Waals surface area contributed by atoms with E-state index in [4.69, 9.17) is 11.6 Å². The minimum absolute atomic E-state index is 0.126. The number of benzene rings is 1. The number of phenols is 1. The third kappa shape index (κ3) is 2.45. The highest BCUT2D eigenvalue weighted by Crippen LogP contribution is 2.19. The fourth-order valence-electron chi connectivity index (χ4n) is 1.38. The lowest BCUT2D eigenvalue weighted by atomic mass is 10.2. The molecule has 0 atom stereocenters. The number of phenolic OH excluding ortho intramolecular Hbond substituents is 1. The Labute approximate surface area is 103 Å². The van der Waals surface area contributed by atoms with Crippen LogP contribution in [0.5, 0.6) is 5.75 Å². The van der Waals surface area contributed by atoms with Gasteiger partial charge < -0.3 is 5.11 Å². The first-order valence-electron chi connectivity index (χ1n) is 4.99. The number of rotatable bonds is 2. The molecular formula is C11H11ClN4O. The number of hydrogen-bond acceptors (Lipinski definition) is 4. The quantitative estimate of drug-likeness (QED) is 0.831. The first kappa shape index (κ1) is 11.6. The van der Waals surface area contributed by atoms with Crippen molar-refractivity contribution in [2.24, 2.45) is 5.10 Å². The van der Waals surface area contributed by atoms with Gasteiger partial charge in [0.05, 0.1) is 6.21 Å². The summed E-state index contributed by atoms with van der Waals surface area (Å²) >= 11 is 5.84. The Kier molecular flexibility index (Phi) is 3.10. The van der Waals surface area contributed by atoms with E-state index in [1.165, 1.54) is 12.3 Å². The van der Waals surface area contributed by atoms with Crippen LogP contribution in [-0.2, 0) is 0 Å². The van der Waals surface area contributed by atoms with Crippen LogP contribution in [0.2, 0.25) is 5.02 Å². The summed E-state index contributed by atoms with van der Waals surface area (Å²) < 4.78 is 1.58. The van der Waals surface area contributed by atoms with Gasteiger partial charge in [-0.1, -0.05) is 11.6 Å². The highest BCUT2D eigenvalue weighted by atomic mass is 35.5. The summed E-state index contributed by atoms with van der Waals surface area (Å²) in [6, 6.07) is 4.77. The zero-order valence-corrected chi connectivity index (χ0v) is 10.2. The Morgan fingerprint density at radius 3 is 2.59 bits per heavy atom. The molecule has 0 aliphatic carbocycles. The van der Waals surface area contributed by atoms with Gasteiger partial charge >= 0.3 is 0 Å². The standard InChI is InChI=1S/C11H11ClN4O/c1-7-14-15-8(2)16(7)13-6-9-5-10(12)3-4-11(9)17/h3-6,17H,1-2H3/b13-6+. The minimum atomic E-state index is 0.126. The van der Waals surface area contributed by atoms with Crippen molar-refractivity contribution in [3.05, 3.63) is 40.4 Å². The summed E-state index contributed by atoms with van der Waals surface area (Å²) in [5.74, 6) is 1.49. The minimum Gasteiger partial charge on any atom is -0.507 e. The van der Waals surface area contributed by atoms with Crippen molar-refractivity contribution >= 4 is 17.8 Å². The highest BCUT2D eigenvalue weighted by Gasteiger charge is 2.03. The molecule has 0 unspecified atom stereocenters. The van der Waals surface area contributed by atoms with E-state index in [1.807, 2.05) is 0 Å². The average molecular weight is 251 g/mol. The third-order valence-corrected chi connectivity index (χ3v) is 2.49. The average Bonchev–Trinajstić information content (AvgIpc) is 2.61. The molecule has 0 bridgehead atoms. The molecule has 1 heterocycles. The van der Waals surface area contributed by atoms with Crippen molar-refractivity contribution in [1.82, 2.24) is 14.9 Å². The fraction of sp³-hybridized carbons (Fsp3) is 0.182. The lowest BCUT2D eigenvalue weighted by Gasteiger charge is -2.00. The van der Waals surface area contributed by atoms with Crippen LogP contribution in [0.25, 0.3) is 0 Å². The van der Waals surface area contributed by atoms with Crippen LogP contribution in [-0.4, -0.2) is 26.2 Å². The van der Waals surface area contributed by atoms with Gasteiger partial charge in [-0.2, -0.15) is 5.10 Å². The van der Waals surface area contributed by atoms with Gasteiger partial charge in [-0.3, -0.25) is 0 Å². The zero-order valence-electron chi connectivity index (χ0n) is 9.42. The van der Waals surface area contributed by atoms with Crippen molar-refractivity contribution in [2.45, 2.75) is 13.8 Å². The number of aromatic nitrogens is 3. The molecule has 0 saturated heterocycles. The topological polar surface area (TPSA) is 63.3 Å². The maximum absolute atomic E-state index is 9.61. The smallest absolute Gasteiger partial charge is 0.151 e. The monoisotopic (exact) mass is 250 g/mol. The van der Waals surface area contributed by atoms with Gasteiger partial charge in [-0.15, -0.1) is 10.2 Å². The molecule has 0 radical (unpaired) electrons. The molecule has 1 N–H and O–H groups in total. The van der Waals surface area contributed by atoms with Crippen LogP contribution in [0.3, 0.4) is 0 Å². The molecule has 0 aliphatic heterocycles. The van der Waals surface area contributed by atoms with E-state index in [1.54, 1.807) is 30.7 Å². The summed E-state index contributed by atoms with van der Waals surface area (Å²) in [6.45, 7) is 3.60. The van der Waals surface area contributed by atoms with Crippen LogP contribution >= 0.6 is 11.6 Å². The fourth-order valence-corrected chi connectivity index (χ4v) is 1.56. The highest BCUT2D eigenvalue weighted by molar-refractivity contribution is 6.30. The number of halogens is 1. The van der Waals surface area contributed by atoms with Crippen LogP contribution in [0.1, 0.15) is 17.2 Å². The molecule has 2 aromatic rings. The first-order chi connectivity index (χ1) is 8.08. The number of aromatic hydroxyl groups is 1. The largest absolute Gasteiger partial charge is 0.507 e. The van der Waals surface area contributed by atoms with Gasteiger partial charge in [0, 0.05) is 10.6 Å². The summed E-state index contributed by atoms with van der Waals surface area (Å²) in [7, 11) is 0. The Balaban J connectivity index is 2.35. The van der Waals surface area contributed by atoms with E-state index in [0.29, 0.717) is 22.2 Å². The molecule has 6 heteroatoms. The molecule has 5 nitrogen and oxygen atoms in total. The molecule has 0 amide bonds. The summed E-state index contributed by atoms with van der Waals surface area (Å²) in [6.07, 6.45) is 1.52. The molecular weight excluding hydrogens is 240 g/mol. The molecule has 17 heavy (non-hydrogen) atoms. The molecule has 88 valence electrons. The summed E-state index contributed by atoms with van der Waals surface area (Å²) in [5, 5.41) is 22.1. The van der Waals surface area contributed by atoms with E-state index >= 15 is 0 Å². The second-order valence-electron chi connectivity index (χ2n) is 3.55. The maximum Gasteiger partial charge on any atom is 0.151 e. The van der Waals surface area contributed by atoms with Gasteiger partial charge in [-0.05, 0) is 32.0 Å². The summed E-state index contributed by atoms with van der Waals surface area (Å²) in [5.41, 5.74) is 0.546. The van der Waals surface area contributed by atoms with Crippen molar-refractivity contribution < 1.29 is 5.11 Å². The maximum atomic E-state index is 9.61. The van der Waals surface area contributed by atoms with E-state index in [0.717, 1.165) is 0 Å². The number of hydrogen-bond donors (Lipinski definition) is 1. The van der Waals surface area contributed by atoms with Crippen LogP contribution in [0.15, 0.2) is 23.3 Å². The molecule has 1 aromatic carbocycles. The third-order valence-electron chi connectivity index (χ3n) is 2.25. The van der Waals surface area contributed by atoms with Crippen molar-refractivity contribution in [3.63, 3.8) is 0 Å². The Bertz CT molecular complexity index is 557. The lowest BCUT2D eigenvalue weighted by molar-refractivity contribution is 0.474. The number of nitrogens with zero attached hydrogens (tertiary/aromatic N) is 4. The predicted molar refractivity (Wildman–Crippen MR) is 65.6 cm³/mol. The van der Waals surface area contributed by atoms with Crippen molar-refractivity contribution in [1.29, 1.82) is 0 Å². The van der Waals surface area contributed by atoms with Gasteiger partial charge in [0.25, 0.3) is 0 Å². The first-order valence-corrected chi connectivity index (χ1v) is 5.37. The van der Waals surface area contributed by atoms with Crippen molar-refractivity contribution in [2.75, 3.05) is 0 Å². The predicted octanol–water partition coefficient (Wildman–Crippen LogP) is 2.14. The second-order valence-corrected chi connectivity index (χ2v) is 3.99. The van der Waals surface area contributed by atoms with Crippen molar-refractivity contribution in [3.8, 4) is 5.75 Å². The van der Waals surface area contributed by atoms with E-state index in [2.05, 4.69) is 15.3 Å². The van der Waals surface area contributed by atoms with Crippen LogP contribution in [0.4, 0.5) is 0 Å². The summed E-state index contributed by atoms with van der Waals surface area (Å²) in [4.78, 5) is 0. The Morgan fingerprint density at radius 2 is 1.94 bits per heavy atom. The molecule has 1 aromatic heterocycles. The zero-order chi connectivity index (χ0) is 12.4. The van der Waals surface area contributed by atoms with Gasteiger partial charge in [0.15, 0.2) is 11.6 Å². The lowest BCUT2D eigenvalue weighted by Crippen LogP contribution is -1.96. The Morgan fingerprint density at radius 1 is 1.29 bits per heavy atom. The Hall–Kier alpha value is -1.88. The van der Waals surface area contributed by atoms with Gasteiger partial charge in [0.1, 0.15) is 5.75 Å². The second kappa shape index (κ2) is 4.55. The molecule has 0 saturated carbocycles. The van der Waals surface area contributed by atoms with Gasteiger partial charge in [0.2, 0.25) is 0 Å².